The summed E-state index contributed by atoms with van der Waals surface area (Å²) in [5.74, 6) is 1.89. The third-order valence-corrected chi connectivity index (χ3v) is 4.55. The molecule has 0 radical (unpaired) electrons. The Bertz CT molecular complexity index is 977. The number of amides is 1. The number of carbonyl (C=O) groups excluding carboxylic acids is 1. The molecule has 1 aromatic carbocycles. The molecule has 3 heterocycles. The van der Waals surface area contributed by atoms with Crippen molar-refractivity contribution in [3.05, 3.63) is 53.7 Å². The second-order valence-electron chi connectivity index (χ2n) is 6.83. The van der Waals surface area contributed by atoms with Gasteiger partial charge >= 0.3 is 0 Å². The molecule has 8 heteroatoms. The maximum absolute atomic E-state index is 12.6. The topological polar surface area (TPSA) is 96.2 Å². The summed E-state index contributed by atoms with van der Waals surface area (Å²) in [5.41, 5.74) is 2.19. The quantitative estimate of drug-likeness (QED) is 0.699. The Morgan fingerprint density at radius 2 is 1.79 bits per heavy atom. The zero-order valence-corrected chi connectivity index (χ0v) is 15.9. The Balaban J connectivity index is 1.46. The molecule has 1 aliphatic rings. The van der Waals surface area contributed by atoms with Crippen molar-refractivity contribution in [3.8, 4) is 0 Å². The van der Waals surface area contributed by atoms with E-state index in [-0.39, 0.29) is 11.6 Å². The van der Waals surface area contributed by atoms with E-state index in [9.17, 15) is 4.79 Å². The van der Waals surface area contributed by atoms with Crippen LogP contribution in [0.4, 0.5) is 23.0 Å². The van der Waals surface area contributed by atoms with Gasteiger partial charge in [0.15, 0.2) is 5.82 Å². The van der Waals surface area contributed by atoms with Gasteiger partial charge in [0, 0.05) is 36.6 Å². The Kier molecular flexibility index (Phi) is 4.92. The van der Waals surface area contributed by atoms with E-state index in [1.807, 2.05) is 24.3 Å². The number of aromatic nitrogens is 3. The number of carbonyl (C=O) groups is 1. The van der Waals surface area contributed by atoms with Crippen LogP contribution in [0.15, 0.2) is 40.9 Å². The fourth-order valence-electron chi connectivity index (χ4n) is 3.23. The van der Waals surface area contributed by atoms with Crippen LogP contribution in [0.2, 0.25) is 0 Å². The van der Waals surface area contributed by atoms with Crippen molar-refractivity contribution in [2.45, 2.75) is 26.7 Å². The van der Waals surface area contributed by atoms with Gasteiger partial charge in [-0.15, -0.1) is 0 Å². The third-order valence-electron chi connectivity index (χ3n) is 4.55. The van der Waals surface area contributed by atoms with Crippen LogP contribution in [0.25, 0.3) is 0 Å². The normalized spacial score (nSPS) is 13.6. The smallest absolute Gasteiger partial charge is 0.274 e. The maximum atomic E-state index is 12.6. The van der Waals surface area contributed by atoms with Gasteiger partial charge in [0.05, 0.1) is 0 Å². The molecule has 8 nitrogen and oxygen atoms in total. The molecule has 0 bridgehead atoms. The lowest BCUT2D eigenvalue weighted by molar-refractivity contribution is 0.102. The molecule has 1 aliphatic heterocycles. The standard InChI is InChI=1S/C20H22N6O2/c1-13-11-19(25-28-13)24-18-12-17(21-14(2)22-18)20(27)23-15-5-7-16(8-6-15)26-9-3-4-10-26/h5-8,11-12H,3-4,9-10H2,1-2H3,(H,23,27)(H,21,22,24,25). The van der Waals surface area contributed by atoms with Crippen LogP contribution in [-0.2, 0) is 0 Å². The Labute approximate surface area is 163 Å². The first-order valence-electron chi connectivity index (χ1n) is 9.29. The predicted octanol–water partition coefficient (Wildman–Crippen LogP) is 3.68. The lowest BCUT2D eigenvalue weighted by atomic mass is 10.2. The first-order valence-corrected chi connectivity index (χ1v) is 9.29. The van der Waals surface area contributed by atoms with Crippen molar-refractivity contribution < 1.29 is 9.32 Å². The average molecular weight is 378 g/mol. The summed E-state index contributed by atoms with van der Waals surface area (Å²) >= 11 is 0. The van der Waals surface area contributed by atoms with Crippen molar-refractivity contribution in [2.75, 3.05) is 28.6 Å². The molecule has 0 spiro atoms. The van der Waals surface area contributed by atoms with E-state index in [0.29, 0.717) is 23.2 Å². The van der Waals surface area contributed by atoms with Crippen molar-refractivity contribution >= 4 is 28.9 Å². The lowest BCUT2D eigenvalue weighted by Gasteiger charge is -2.17. The fraction of sp³-hybridized carbons (Fsp3) is 0.300. The van der Waals surface area contributed by atoms with Gasteiger partial charge in [0.2, 0.25) is 0 Å². The summed E-state index contributed by atoms with van der Waals surface area (Å²) in [6.07, 6.45) is 2.46. The molecule has 0 saturated carbocycles. The minimum Gasteiger partial charge on any atom is -0.372 e. The van der Waals surface area contributed by atoms with Crippen LogP contribution in [-0.4, -0.2) is 34.1 Å². The average Bonchev–Trinajstić information content (AvgIpc) is 3.34. The summed E-state index contributed by atoms with van der Waals surface area (Å²) in [6, 6.07) is 11.2. The molecule has 3 aromatic rings. The number of anilines is 4. The molecule has 28 heavy (non-hydrogen) atoms. The van der Waals surface area contributed by atoms with Crippen LogP contribution >= 0.6 is 0 Å². The molecule has 0 atom stereocenters. The molecule has 1 amide bonds. The van der Waals surface area contributed by atoms with Crippen LogP contribution in [0.5, 0.6) is 0 Å². The number of nitrogens with one attached hydrogen (secondary N) is 2. The number of aryl methyl sites for hydroxylation is 2. The Morgan fingerprint density at radius 3 is 2.46 bits per heavy atom. The van der Waals surface area contributed by atoms with Crippen molar-refractivity contribution in [1.82, 2.24) is 15.1 Å². The van der Waals surface area contributed by atoms with E-state index in [4.69, 9.17) is 4.52 Å². The molecule has 0 aliphatic carbocycles. The van der Waals surface area contributed by atoms with Gasteiger partial charge < -0.3 is 20.1 Å². The van der Waals surface area contributed by atoms with Crippen molar-refractivity contribution in [3.63, 3.8) is 0 Å². The largest absolute Gasteiger partial charge is 0.372 e. The van der Waals surface area contributed by atoms with Gasteiger partial charge in [-0.1, -0.05) is 5.16 Å². The molecule has 0 unspecified atom stereocenters. The van der Waals surface area contributed by atoms with Gasteiger partial charge in [0.25, 0.3) is 5.91 Å². The SMILES string of the molecule is Cc1nc(Nc2cc(C)on2)cc(C(=O)Nc2ccc(N3CCCC3)cc2)n1. The molecule has 1 fully saturated rings. The van der Waals surface area contributed by atoms with Crippen molar-refractivity contribution in [1.29, 1.82) is 0 Å². The van der Waals surface area contributed by atoms with Gasteiger partial charge in [-0.2, -0.15) is 0 Å². The highest BCUT2D eigenvalue weighted by Crippen LogP contribution is 2.22. The van der Waals surface area contributed by atoms with E-state index >= 15 is 0 Å². The zero-order valence-electron chi connectivity index (χ0n) is 15.9. The molecular weight excluding hydrogens is 356 g/mol. The van der Waals surface area contributed by atoms with E-state index in [0.717, 1.165) is 18.8 Å². The summed E-state index contributed by atoms with van der Waals surface area (Å²) in [7, 11) is 0. The number of hydrogen-bond donors (Lipinski definition) is 2. The van der Waals surface area contributed by atoms with E-state index in [1.54, 1.807) is 26.0 Å². The summed E-state index contributed by atoms with van der Waals surface area (Å²) < 4.78 is 5.03. The third kappa shape index (κ3) is 4.11. The first kappa shape index (κ1) is 18.0. The molecule has 2 N–H and O–H groups in total. The second kappa shape index (κ2) is 7.67. The van der Waals surface area contributed by atoms with Crippen LogP contribution in [0.3, 0.4) is 0 Å². The van der Waals surface area contributed by atoms with Crippen molar-refractivity contribution in [2.24, 2.45) is 0 Å². The van der Waals surface area contributed by atoms with E-state index in [1.165, 1.54) is 18.5 Å². The van der Waals surface area contributed by atoms with Gasteiger partial charge in [-0.25, -0.2) is 9.97 Å². The maximum Gasteiger partial charge on any atom is 0.274 e. The monoisotopic (exact) mass is 378 g/mol. The molecule has 144 valence electrons. The zero-order chi connectivity index (χ0) is 19.5. The number of nitrogens with zero attached hydrogens (tertiary/aromatic N) is 4. The van der Waals surface area contributed by atoms with Crippen LogP contribution in [0, 0.1) is 13.8 Å². The number of benzene rings is 1. The Morgan fingerprint density at radius 1 is 1.04 bits per heavy atom. The molecule has 1 saturated heterocycles. The Hall–Kier alpha value is -3.42. The molecule has 2 aromatic heterocycles. The van der Waals surface area contributed by atoms with Gasteiger partial charge in [-0.05, 0) is 51.0 Å². The highest BCUT2D eigenvalue weighted by Gasteiger charge is 2.14. The summed E-state index contributed by atoms with van der Waals surface area (Å²) in [5, 5.41) is 9.78. The molecule has 4 rings (SSSR count). The van der Waals surface area contributed by atoms with Gasteiger partial charge in [-0.3, -0.25) is 4.79 Å². The second-order valence-corrected chi connectivity index (χ2v) is 6.83. The molecular formula is C20H22N6O2. The highest BCUT2D eigenvalue weighted by atomic mass is 16.5. The minimum atomic E-state index is -0.293. The first-order chi connectivity index (χ1) is 13.6. The number of hydrogen-bond acceptors (Lipinski definition) is 7. The van der Waals surface area contributed by atoms with E-state index in [2.05, 4.69) is 30.7 Å². The number of rotatable bonds is 5. The minimum absolute atomic E-state index is 0.277. The van der Waals surface area contributed by atoms with Gasteiger partial charge in [0.1, 0.15) is 23.1 Å². The summed E-state index contributed by atoms with van der Waals surface area (Å²) in [6.45, 7) is 5.72. The van der Waals surface area contributed by atoms with Crippen LogP contribution < -0.4 is 15.5 Å². The predicted molar refractivity (Wildman–Crippen MR) is 107 cm³/mol. The van der Waals surface area contributed by atoms with Crippen LogP contribution in [0.1, 0.15) is 34.9 Å². The lowest BCUT2D eigenvalue weighted by Crippen LogP contribution is -2.18. The highest BCUT2D eigenvalue weighted by molar-refractivity contribution is 6.03. The van der Waals surface area contributed by atoms with E-state index < -0.39 is 0 Å². The fourth-order valence-corrected chi connectivity index (χ4v) is 3.23. The summed E-state index contributed by atoms with van der Waals surface area (Å²) in [4.78, 5) is 23.5.